The van der Waals surface area contributed by atoms with E-state index in [4.69, 9.17) is 33.3 Å². The highest BCUT2D eigenvalue weighted by Gasteiger charge is 2.34. The van der Waals surface area contributed by atoms with Crippen molar-refractivity contribution in [2.45, 2.75) is 0 Å². The first kappa shape index (κ1) is 26.6. The molecule has 3 amide bonds. The number of carbonyl (C=O) groups excluding carboxylic acids is 3. The number of anilines is 2. The second-order valence-electron chi connectivity index (χ2n) is 7.67. The summed E-state index contributed by atoms with van der Waals surface area (Å²) < 4.78 is 11.8. The highest BCUT2D eigenvalue weighted by Crippen LogP contribution is 2.35. The molecule has 0 aliphatic carbocycles. The van der Waals surface area contributed by atoms with Gasteiger partial charge in [0.25, 0.3) is 17.7 Å². The molecule has 2 N–H and O–H groups in total. The minimum atomic E-state index is -0.602. The third-order valence-electron chi connectivity index (χ3n) is 5.15. The zero-order valence-corrected chi connectivity index (χ0v) is 23.0. The molecule has 1 aliphatic heterocycles. The van der Waals surface area contributed by atoms with Crippen LogP contribution in [0.4, 0.5) is 11.4 Å². The zero-order chi connectivity index (χ0) is 26.5. The fourth-order valence-corrected chi connectivity index (χ4v) is 4.65. The van der Waals surface area contributed by atoms with Gasteiger partial charge in [0.05, 0.1) is 16.4 Å². The van der Waals surface area contributed by atoms with E-state index in [1.807, 2.05) is 28.7 Å². The van der Waals surface area contributed by atoms with Crippen LogP contribution in [-0.4, -0.2) is 36.6 Å². The molecule has 1 heterocycles. The number of thiocarbonyl (C=S) groups is 1. The number of carbonyl (C=O) groups is 3. The Labute approximate surface area is 236 Å². The van der Waals surface area contributed by atoms with Gasteiger partial charge in [-0.25, -0.2) is 0 Å². The zero-order valence-electron chi connectivity index (χ0n) is 19.3. The number of amides is 3. The fourth-order valence-electron chi connectivity index (χ4n) is 3.47. The van der Waals surface area contributed by atoms with Gasteiger partial charge in [-0.2, -0.15) is 0 Å². The monoisotopic (exact) mass is 647 g/mol. The number of halogens is 2. The Morgan fingerprint density at radius 2 is 1.84 bits per heavy atom. The molecule has 1 aliphatic rings. The smallest absolute Gasteiger partial charge is 0.270 e. The quantitative estimate of drug-likeness (QED) is 0.166. The van der Waals surface area contributed by atoms with E-state index in [0.29, 0.717) is 37.0 Å². The van der Waals surface area contributed by atoms with Gasteiger partial charge in [0.2, 0.25) is 0 Å². The highest BCUT2D eigenvalue weighted by molar-refractivity contribution is 14.1. The topological polar surface area (TPSA) is 97.0 Å². The van der Waals surface area contributed by atoms with Gasteiger partial charge in [-0.3, -0.25) is 24.6 Å². The summed E-state index contributed by atoms with van der Waals surface area (Å²) in [7, 11) is 1.46. The Kier molecular flexibility index (Phi) is 8.41. The molecule has 0 saturated carbocycles. The standard InChI is InChI=1S/C26H19ClIN3O5S/c1-35-21-13-15(11-19-24(33)30-26(37)31(25(19)34)18-5-3-2-4-6-18)12-20(28)23(21)36-14-22(32)29-17-9-7-16(27)8-10-17/h2-13H,14H2,1H3,(H,29,32)(H,30,33,37)/b19-11-. The predicted octanol–water partition coefficient (Wildman–Crippen LogP) is 4.80. The van der Waals surface area contributed by atoms with Gasteiger partial charge in [-0.15, -0.1) is 0 Å². The lowest BCUT2D eigenvalue weighted by molar-refractivity contribution is -0.122. The van der Waals surface area contributed by atoms with E-state index in [2.05, 4.69) is 10.6 Å². The van der Waals surface area contributed by atoms with Crippen LogP contribution >= 0.6 is 46.4 Å². The van der Waals surface area contributed by atoms with Gasteiger partial charge in [-0.1, -0.05) is 29.8 Å². The minimum Gasteiger partial charge on any atom is -0.493 e. The molecule has 3 aromatic carbocycles. The van der Waals surface area contributed by atoms with Gasteiger partial charge in [0.1, 0.15) is 5.57 Å². The van der Waals surface area contributed by atoms with E-state index >= 15 is 0 Å². The molecule has 3 aromatic rings. The lowest BCUT2D eigenvalue weighted by Gasteiger charge is -2.28. The molecule has 37 heavy (non-hydrogen) atoms. The average Bonchev–Trinajstić information content (AvgIpc) is 2.87. The first-order valence-corrected chi connectivity index (χ1v) is 12.7. The lowest BCUT2D eigenvalue weighted by Crippen LogP contribution is -2.54. The number of ether oxygens (including phenoxy) is 2. The van der Waals surface area contributed by atoms with E-state index in [9.17, 15) is 14.4 Å². The van der Waals surface area contributed by atoms with Crippen LogP contribution in [0.3, 0.4) is 0 Å². The molecule has 1 saturated heterocycles. The first-order chi connectivity index (χ1) is 17.8. The molecular formula is C26H19ClIN3O5S. The van der Waals surface area contributed by atoms with Crippen molar-refractivity contribution in [2.75, 3.05) is 23.9 Å². The number of para-hydroxylation sites is 1. The maximum atomic E-state index is 13.2. The van der Waals surface area contributed by atoms with Crippen LogP contribution < -0.4 is 25.0 Å². The largest absolute Gasteiger partial charge is 0.493 e. The van der Waals surface area contributed by atoms with Crippen molar-refractivity contribution in [1.82, 2.24) is 5.32 Å². The molecular weight excluding hydrogens is 629 g/mol. The van der Waals surface area contributed by atoms with E-state index in [1.54, 1.807) is 60.7 Å². The summed E-state index contributed by atoms with van der Waals surface area (Å²) in [6, 6.07) is 18.8. The minimum absolute atomic E-state index is 0.00568. The maximum absolute atomic E-state index is 13.2. The molecule has 4 rings (SSSR count). The second-order valence-corrected chi connectivity index (χ2v) is 9.66. The van der Waals surface area contributed by atoms with E-state index < -0.39 is 11.8 Å². The molecule has 1 fully saturated rings. The van der Waals surface area contributed by atoms with Crippen molar-refractivity contribution in [3.05, 3.63) is 86.5 Å². The van der Waals surface area contributed by atoms with Crippen molar-refractivity contribution < 1.29 is 23.9 Å². The molecule has 0 aromatic heterocycles. The Balaban J connectivity index is 1.54. The van der Waals surface area contributed by atoms with Crippen LogP contribution in [0.1, 0.15) is 5.56 Å². The lowest BCUT2D eigenvalue weighted by atomic mass is 10.1. The Bertz CT molecular complexity index is 1410. The normalized spacial score (nSPS) is 14.4. The van der Waals surface area contributed by atoms with E-state index in [-0.39, 0.29) is 23.2 Å². The number of nitrogens with one attached hydrogen (secondary N) is 2. The summed E-state index contributed by atoms with van der Waals surface area (Å²) in [4.78, 5) is 39.4. The number of hydrogen-bond acceptors (Lipinski definition) is 6. The summed E-state index contributed by atoms with van der Waals surface area (Å²) >= 11 is 13.1. The number of nitrogens with zero attached hydrogens (tertiary/aromatic N) is 1. The summed E-state index contributed by atoms with van der Waals surface area (Å²) in [6.07, 6.45) is 1.46. The predicted molar refractivity (Wildman–Crippen MR) is 154 cm³/mol. The van der Waals surface area contributed by atoms with Crippen LogP contribution in [0.15, 0.2) is 72.3 Å². The van der Waals surface area contributed by atoms with Crippen molar-refractivity contribution >= 4 is 86.7 Å². The van der Waals surface area contributed by atoms with Crippen LogP contribution in [0.25, 0.3) is 6.08 Å². The van der Waals surface area contributed by atoms with Gasteiger partial charge >= 0.3 is 0 Å². The number of methoxy groups -OCH3 is 1. The second kappa shape index (κ2) is 11.7. The third-order valence-corrected chi connectivity index (χ3v) is 6.49. The van der Waals surface area contributed by atoms with Gasteiger partial charge in [0, 0.05) is 10.7 Å². The van der Waals surface area contributed by atoms with Crippen molar-refractivity contribution in [3.63, 3.8) is 0 Å². The maximum Gasteiger partial charge on any atom is 0.270 e. The number of benzene rings is 3. The summed E-state index contributed by atoms with van der Waals surface area (Å²) in [5.41, 5.74) is 1.56. The fraction of sp³-hybridized carbons (Fsp3) is 0.0769. The average molecular weight is 648 g/mol. The summed E-state index contributed by atoms with van der Waals surface area (Å²) in [5.74, 6) is -0.837. The van der Waals surface area contributed by atoms with Gasteiger partial charge < -0.3 is 14.8 Å². The molecule has 0 atom stereocenters. The number of hydrogen-bond donors (Lipinski definition) is 2. The SMILES string of the molecule is COc1cc(/C=C2/C(=O)NC(=S)N(c3ccccc3)C2=O)cc(I)c1OCC(=O)Nc1ccc(Cl)cc1. The molecule has 0 bridgehead atoms. The van der Waals surface area contributed by atoms with Crippen molar-refractivity contribution in [1.29, 1.82) is 0 Å². The van der Waals surface area contributed by atoms with Crippen LogP contribution in [0.5, 0.6) is 11.5 Å². The Morgan fingerprint density at radius 3 is 2.51 bits per heavy atom. The van der Waals surface area contributed by atoms with Gasteiger partial charge in [-0.05, 0) is 95.0 Å². The Morgan fingerprint density at radius 1 is 1.14 bits per heavy atom. The third kappa shape index (κ3) is 6.27. The van der Waals surface area contributed by atoms with Crippen molar-refractivity contribution in [3.8, 4) is 11.5 Å². The van der Waals surface area contributed by atoms with Crippen LogP contribution in [-0.2, 0) is 14.4 Å². The van der Waals surface area contributed by atoms with Crippen LogP contribution in [0, 0.1) is 3.57 Å². The first-order valence-electron chi connectivity index (χ1n) is 10.8. The molecule has 0 radical (unpaired) electrons. The molecule has 0 spiro atoms. The van der Waals surface area contributed by atoms with E-state index in [1.165, 1.54) is 18.1 Å². The Hall–Kier alpha value is -3.48. The van der Waals surface area contributed by atoms with Crippen LogP contribution in [0.2, 0.25) is 5.02 Å². The molecule has 11 heteroatoms. The van der Waals surface area contributed by atoms with Crippen molar-refractivity contribution in [2.24, 2.45) is 0 Å². The summed E-state index contributed by atoms with van der Waals surface area (Å²) in [6.45, 7) is -0.264. The number of rotatable bonds is 7. The highest BCUT2D eigenvalue weighted by atomic mass is 127. The molecule has 8 nitrogen and oxygen atoms in total. The molecule has 188 valence electrons. The van der Waals surface area contributed by atoms with E-state index in [0.717, 1.165) is 0 Å². The van der Waals surface area contributed by atoms with Gasteiger partial charge in [0.15, 0.2) is 23.2 Å². The summed E-state index contributed by atoms with van der Waals surface area (Å²) in [5, 5.41) is 5.85. The molecule has 0 unspecified atom stereocenters.